The molecule has 4 rings (SSSR count). The number of amides is 1. The Kier molecular flexibility index (Phi) is 6.66. The predicted molar refractivity (Wildman–Crippen MR) is 127 cm³/mol. The molecule has 3 aromatic carbocycles. The number of aromatic nitrogens is 2. The van der Waals surface area contributed by atoms with Crippen molar-refractivity contribution in [2.75, 3.05) is 7.11 Å². The van der Waals surface area contributed by atoms with Gasteiger partial charge in [-0.2, -0.15) is 5.10 Å². The van der Waals surface area contributed by atoms with Gasteiger partial charge in [0.05, 0.1) is 18.5 Å². The number of methoxy groups -OCH3 is 1. The maximum Gasteiger partial charge on any atom is 0.270 e. The summed E-state index contributed by atoms with van der Waals surface area (Å²) in [5, 5.41) is 7.88. The van der Waals surface area contributed by atoms with Gasteiger partial charge in [-0.25, -0.2) is 4.68 Å². The average Bonchev–Trinajstić information content (AvgIpc) is 3.30. The Hall–Kier alpha value is -3.86. The lowest BCUT2D eigenvalue weighted by atomic mass is 10.1. The number of nitrogens with zero attached hydrogens (tertiary/aromatic N) is 2. The van der Waals surface area contributed by atoms with E-state index in [1.54, 1.807) is 11.8 Å². The number of hydrogen-bond donors (Lipinski definition) is 1. The van der Waals surface area contributed by atoms with Crippen LogP contribution in [0.25, 0.3) is 16.9 Å². The average molecular weight is 426 g/mol. The standard InChI is InChI=1S/C27H27N3O2/c1-20(13-14-21-9-5-3-6-10-21)28-27(31)26-19-25(22-15-17-24(32-2)18-16-22)29-30(26)23-11-7-4-8-12-23/h3-12,15-20H,13-14H2,1-2H3,(H,28,31)/t20-/m0/s1. The molecule has 1 N–H and O–H groups in total. The summed E-state index contributed by atoms with van der Waals surface area (Å²) in [6, 6.07) is 29.6. The Bertz CT molecular complexity index is 1150. The molecular weight excluding hydrogens is 398 g/mol. The summed E-state index contributed by atoms with van der Waals surface area (Å²) in [6.45, 7) is 2.04. The Balaban J connectivity index is 1.56. The van der Waals surface area contributed by atoms with E-state index in [1.807, 2.05) is 85.8 Å². The molecule has 32 heavy (non-hydrogen) atoms. The second-order valence-electron chi connectivity index (χ2n) is 7.79. The molecule has 162 valence electrons. The van der Waals surface area contributed by atoms with Crippen molar-refractivity contribution in [1.29, 1.82) is 0 Å². The van der Waals surface area contributed by atoms with Crippen molar-refractivity contribution in [2.24, 2.45) is 0 Å². The Morgan fingerprint density at radius 1 is 0.969 bits per heavy atom. The van der Waals surface area contributed by atoms with E-state index in [4.69, 9.17) is 9.84 Å². The number of hydrogen-bond acceptors (Lipinski definition) is 3. The van der Waals surface area contributed by atoms with Gasteiger partial charge in [-0.05, 0) is 67.8 Å². The van der Waals surface area contributed by atoms with Crippen molar-refractivity contribution in [2.45, 2.75) is 25.8 Å². The second-order valence-corrected chi connectivity index (χ2v) is 7.79. The molecule has 0 radical (unpaired) electrons. The number of carbonyl (C=O) groups is 1. The summed E-state index contributed by atoms with van der Waals surface area (Å²) in [4.78, 5) is 13.2. The van der Waals surface area contributed by atoms with Gasteiger partial charge in [-0.1, -0.05) is 48.5 Å². The van der Waals surface area contributed by atoms with Crippen LogP contribution in [0.2, 0.25) is 0 Å². The fraction of sp³-hybridized carbons (Fsp3) is 0.185. The summed E-state index contributed by atoms with van der Waals surface area (Å²) in [5.74, 6) is 0.642. The van der Waals surface area contributed by atoms with E-state index in [1.165, 1.54) is 5.56 Å². The van der Waals surface area contributed by atoms with Crippen LogP contribution < -0.4 is 10.1 Å². The highest BCUT2D eigenvalue weighted by Crippen LogP contribution is 2.24. The van der Waals surface area contributed by atoms with Crippen LogP contribution in [-0.4, -0.2) is 28.8 Å². The number of para-hydroxylation sites is 1. The van der Waals surface area contributed by atoms with Gasteiger partial charge >= 0.3 is 0 Å². The molecule has 0 bridgehead atoms. The van der Waals surface area contributed by atoms with Crippen LogP contribution in [0, 0.1) is 0 Å². The SMILES string of the molecule is COc1ccc(-c2cc(C(=O)N[C@@H](C)CCc3ccccc3)n(-c3ccccc3)n2)cc1. The molecular formula is C27H27N3O2. The maximum atomic E-state index is 13.2. The van der Waals surface area contributed by atoms with E-state index in [-0.39, 0.29) is 11.9 Å². The number of ether oxygens (including phenoxy) is 1. The van der Waals surface area contributed by atoms with E-state index >= 15 is 0 Å². The molecule has 0 saturated carbocycles. The summed E-state index contributed by atoms with van der Waals surface area (Å²) in [5.41, 5.74) is 4.28. The monoisotopic (exact) mass is 425 g/mol. The van der Waals surface area contributed by atoms with Crippen molar-refractivity contribution in [3.8, 4) is 22.7 Å². The van der Waals surface area contributed by atoms with E-state index in [2.05, 4.69) is 17.4 Å². The molecule has 0 fully saturated rings. The molecule has 1 heterocycles. The van der Waals surface area contributed by atoms with Crippen LogP contribution in [0.15, 0.2) is 91.0 Å². The first-order valence-corrected chi connectivity index (χ1v) is 10.8. The van der Waals surface area contributed by atoms with Gasteiger partial charge < -0.3 is 10.1 Å². The molecule has 0 aliphatic rings. The molecule has 0 saturated heterocycles. The van der Waals surface area contributed by atoms with Crippen LogP contribution in [0.4, 0.5) is 0 Å². The quantitative estimate of drug-likeness (QED) is 0.417. The lowest BCUT2D eigenvalue weighted by Gasteiger charge is -2.14. The van der Waals surface area contributed by atoms with Crippen molar-refractivity contribution in [1.82, 2.24) is 15.1 Å². The van der Waals surface area contributed by atoms with Crippen molar-refractivity contribution in [3.63, 3.8) is 0 Å². The molecule has 5 nitrogen and oxygen atoms in total. The maximum absolute atomic E-state index is 13.2. The molecule has 1 atom stereocenters. The smallest absolute Gasteiger partial charge is 0.270 e. The highest BCUT2D eigenvalue weighted by molar-refractivity contribution is 5.94. The fourth-order valence-electron chi connectivity index (χ4n) is 3.61. The lowest BCUT2D eigenvalue weighted by molar-refractivity contribution is 0.0930. The van der Waals surface area contributed by atoms with Crippen LogP contribution in [0.1, 0.15) is 29.4 Å². The highest BCUT2D eigenvalue weighted by atomic mass is 16.5. The third kappa shape index (κ3) is 5.06. The Labute approximate surface area is 188 Å². The topological polar surface area (TPSA) is 56.1 Å². The summed E-state index contributed by atoms with van der Waals surface area (Å²) in [7, 11) is 1.64. The number of benzene rings is 3. The van der Waals surface area contributed by atoms with Crippen LogP contribution in [-0.2, 0) is 6.42 Å². The summed E-state index contributed by atoms with van der Waals surface area (Å²) in [6.07, 6.45) is 1.78. The summed E-state index contributed by atoms with van der Waals surface area (Å²) < 4.78 is 6.96. The minimum atomic E-state index is -0.137. The highest BCUT2D eigenvalue weighted by Gasteiger charge is 2.19. The molecule has 0 aliphatic heterocycles. The first kappa shape index (κ1) is 21.4. The van der Waals surface area contributed by atoms with Crippen LogP contribution in [0.5, 0.6) is 5.75 Å². The number of aryl methyl sites for hydroxylation is 1. The van der Waals surface area contributed by atoms with E-state index < -0.39 is 0 Å². The largest absolute Gasteiger partial charge is 0.497 e. The van der Waals surface area contributed by atoms with Crippen LogP contribution >= 0.6 is 0 Å². The molecule has 1 amide bonds. The Morgan fingerprint density at radius 2 is 1.62 bits per heavy atom. The molecule has 0 aliphatic carbocycles. The van der Waals surface area contributed by atoms with Crippen molar-refractivity contribution in [3.05, 3.63) is 102 Å². The third-order valence-corrected chi connectivity index (χ3v) is 5.41. The van der Waals surface area contributed by atoms with Gasteiger partial charge in [-0.15, -0.1) is 0 Å². The van der Waals surface area contributed by atoms with E-state index in [9.17, 15) is 4.79 Å². The van der Waals surface area contributed by atoms with Crippen molar-refractivity contribution >= 4 is 5.91 Å². The second kappa shape index (κ2) is 9.96. The van der Waals surface area contributed by atoms with Gasteiger partial charge in [0, 0.05) is 11.6 Å². The van der Waals surface area contributed by atoms with Crippen molar-refractivity contribution < 1.29 is 9.53 Å². The molecule has 5 heteroatoms. The zero-order valence-corrected chi connectivity index (χ0v) is 18.4. The summed E-state index contributed by atoms with van der Waals surface area (Å²) >= 11 is 0. The zero-order chi connectivity index (χ0) is 22.3. The van der Waals surface area contributed by atoms with Gasteiger partial charge in [0.25, 0.3) is 5.91 Å². The van der Waals surface area contributed by atoms with Gasteiger partial charge in [0.1, 0.15) is 11.4 Å². The normalized spacial score (nSPS) is 11.7. The number of nitrogens with one attached hydrogen (secondary N) is 1. The first-order chi connectivity index (χ1) is 15.6. The Morgan fingerprint density at radius 3 is 2.28 bits per heavy atom. The predicted octanol–water partition coefficient (Wildman–Crippen LogP) is 5.30. The molecule has 0 spiro atoms. The minimum Gasteiger partial charge on any atom is -0.497 e. The van der Waals surface area contributed by atoms with Gasteiger partial charge in [-0.3, -0.25) is 4.79 Å². The van der Waals surface area contributed by atoms with E-state index in [0.29, 0.717) is 5.69 Å². The van der Waals surface area contributed by atoms with E-state index in [0.717, 1.165) is 35.5 Å². The zero-order valence-electron chi connectivity index (χ0n) is 18.4. The fourth-order valence-corrected chi connectivity index (χ4v) is 3.61. The third-order valence-electron chi connectivity index (χ3n) is 5.41. The number of carbonyl (C=O) groups excluding carboxylic acids is 1. The number of rotatable bonds is 8. The minimum absolute atomic E-state index is 0.0336. The molecule has 4 aromatic rings. The lowest BCUT2D eigenvalue weighted by Crippen LogP contribution is -2.34. The van der Waals surface area contributed by atoms with Gasteiger partial charge in [0.2, 0.25) is 0 Å². The molecule has 0 unspecified atom stereocenters. The van der Waals surface area contributed by atoms with Gasteiger partial charge in [0.15, 0.2) is 0 Å². The molecule has 1 aromatic heterocycles. The van der Waals surface area contributed by atoms with Crippen LogP contribution in [0.3, 0.4) is 0 Å². The first-order valence-electron chi connectivity index (χ1n) is 10.8.